The molecule has 61 heavy (non-hydrogen) atoms. The molecular weight excluding hydrogens is 779 g/mol. The zero-order valence-electron chi connectivity index (χ0n) is 33.8. The Morgan fingerprint density at radius 2 is 0.951 bits per heavy atom. The van der Waals surface area contributed by atoms with E-state index in [0.29, 0.717) is 37.8 Å². The Hall–Kier alpha value is -6.74. The predicted molar refractivity (Wildman–Crippen MR) is 226 cm³/mol. The van der Waals surface area contributed by atoms with Crippen molar-refractivity contribution in [3.63, 3.8) is 0 Å². The first-order chi connectivity index (χ1) is 29.4. The van der Waals surface area contributed by atoms with E-state index in [4.69, 9.17) is 11.5 Å². The molecule has 320 valence electrons. The summed E-state index contributed by atoms with van der Waals surface area (Å²) >= 11 is 0. The molecule has 6 amide bonds. The maximum atomic E-state index is 14.6. The Balaban J connectivity index is 1.20. The molecule has 0 bridgehead atoms. The monoisotopic (exact) mass is 831 g/mol. The highest BCUT2D eigenvalue weighted by Gasteiger charge is 2.41. The lowest BCUT2D eigenvalue weighted by molar-refractivity contribution is -0.142. The normalized spacial score (nSPS) is 18.0. The third kappa shape index (κ3) is 11.7. The number of aromatic hydroxyl groups is 2. The lowest BCUT2D eigenvalue weighted by Crippen LogP contribution is -2.60. The largest absolute Gasteiger partial charge is 0.508 e. The molecule has 0 aromatic heterocycles. The van der Waals surface area contributed by atoms with E-state index in [-0.39, 0.29) is 43.7 Å². The van der Waals surface area contributed by atoms with Crippen molar-refractivity contribution in [3.05, 3.63) is 131 Å². The molecule has 0 spiro atoms. The fourth-order valence-electron chi connectivity index (χ4n) is 8.00. The Labute approximate surface area is 354 Å². The SMILES string of the molecule is NC(=O)C(Cc1ccccc1)NC(=O)C1CCCN1C(=O)C(Cc1ccc(O)cc1)NC(=O)C(Cc1ccccc1)NC(=O)C1CCCN1C(=O)C(N)Cc1ccc(O)cc1. The number of likely N-dealkylation sites (tertiary alicyclic amines) is 2. The number of nitrogens with zero attached hydrogens (tertiary/aromatic N) is 2. The molecule has 6 rings (SSSR count). The van der Waals surface area contributed by atoms with E-state index in [2.05, 4.69) is 16.0 Å². The van der Waals surface area contributed by atoms with Gasteiger partial charge in [0.15, 0.2) is 0 Å². The second-order valence-electron chi connectivity index (χ2n) is 15.7. The molecule has 15 nitrogen and oxygen atoms in total. The van der Waals surface area contributed by atoms with Gasteiger partial charge in [-0.25, -0.2) is 0 Å². The van der Waals surface area contributed by atoms with Gasteiger partial charge in [-0.2, -0.15) is 0 Å². The molecule has 2 fully saturated rings. The molecule has 15 heteroatoms. The Kier molecular flexibility index (Phi) is 14.7. The van der Waals surface area contributed by atoms with E-state index >= 15 is 0 Å². The van der Waals surface area contributed by atoms with Crippen LogP contribution in [0.4, 0.5) is 0 Å². The second kappa shape index (κ2) is 20.5. The van der Waals surface area contributed by atoms with Crippen molar-refractivity contribution in [1.29, 1.82) is 0 Å². The standard InChI is InChI=1S/C46H53N7O8/c47-35(25-31-15-19-33(54)20-16-31)45(60)52-23-7-13-39(52)44(59)50-37(27-30-11-5-2-6-12-30)42(57)51-38(28-32-17-21-34(55)22-18-32)46(61)53-24-8-14-40(53)43(58)49-36(41(48)56)26-29-9-3-1-4-10-29/h1-6,9-12,15-22,35-40,54-55H,7-8,13-14,23-28,47H2,(H2,48,56)(H,49,58)(H,50,59)(H,51,57). The molecule has 6 unspecified atom stereocenters. The van der Waals surface area contributed by atoms with E-state index < -0.39 is 71.7 Å². The second-order valence-corrected chi connectivity index (χ2v) is 15.7. The summed E-state index contributed by atoms with van der Waals surface area (Å²) in [6, 6.07) is 24.5. The Bertz CT molecular complexity index is 2150. The lowest BCUT2D eigenvalue weighted by Gasteiger charge is -2.31. The van der Waals surface area contributed by atoms with Crippen molar-refractivity contribution in [3.8, 4) is 11.5 Å². The number of amides is 6. The molecule has 9 N–H and O–H groups in total. The number of primary amides is 1. The maximum absolute atomic E-state index is 14.6. The highest BCUT2D eigenvalue weighted by Crippen LogP contribution is 2.23. The van der Waals surface area contributed by atoms with Crippen molar-refractivity contribution in [2.75, 3.05) is 13.1 Å². The van der Waals surface area contributed by atoms with Gasteiger partial charge in [-0.15, -0.1) is 0 Å². The fraction of sp³-hybridized carbons (Fsp3) is 0.348. The number of rotatable bonds is 17. The van der Waals surface area contributed by atoms with Gasteiger partial charge in [-0.1, -0.05) is 84.9 Å². The topological polar surface area (TPSA) is 237 Å². The van der Waals surface area contributed by atoms with Crippen LogP contribution >= 0.6 is 0 Å². The van der Waals surface area contributed by atoms with Crippen LogP contribution in [0.1, 0.15) is 47.9 Å². The number of benzene rings is 4. The number of nitrogens with two attached hydrogens (primary N) is 2. The van der Waals surface area contributed by atoms with Gasteiger partial charge < -0.3 is 47.4 Å². The number of phenolic OH excluding ortho intramolecular Hbond substituents is 2. The molecule has 0 saturated carbocycles. The third-order valence-electron chi connectivity index (χ3n) is 11.2. The van der Waals surface area contributed by atoms with E-state index in [9.17, 15) is 39.0 Å². The number of carbonyl (C=O) groups is 6. The van der Waals surface area contributed by atoms with E-state index in [1.54, 1.807) is 36.4 Å². The van der Waals surface area contributed by atoms with Crippen LogP contribution in [0.3, 0.4) is 0 Å². The first-order valence-electron chi connectivity index (χ1n) is 20.6. The van der Waals surface area contributed by atoms with E-state index in [1.165, 1.54) is 34.1 Å². The minimum absolute atomic E-state index is 0.0105. The minimum atomic E-state index is -1.21. The molecular formula is C46H53N7O8. The number of hydrogen-bond acceptors (Lipinski definition) is 9. The zero-order valence-corrected chi connectivity index (χ0v) is 33.8. The van der Waals surface area contributed by atoms with Gasteiger partial charge in [0.2, 0.25) is 35.4 Å². The molecule has 0 aliphatic carbocycles. The van der Waals surface area contributed by atoms with Gasteiger partial charge in [0.05, 0.1) is 6.04 Å². The average Bonchev–Trinajstić information content (AvgIpc) is 3.96. The molecule has 4 aromatic rings. The summed E-state index contributed by atoms with van der Waals surface area (Å²) in [5.74, 6) is -3.34. The van der Waals surface area contributed by atoms with Gasteiger partial charge in [0.25, 0.3) is 0 Å². The zero-order chi connectivity index (χ0) is 43.5. The number of hydrogen-bond donors (Lipinski definition) is 7. The van der Waals surface area contributed by atoms with Gasteiger partial charge in [0.1, 0.15) is 41.7 Å². The predicted octanol–water partition coefficient (Wildman–Crippen LogP) is 1.62. The van der Waals surface area contributed by atoms with Crippen molar-refractivity contribution in [2.24, 2.45) is 11.5 Å². The quantitative estimate of drug-likeness (QED) is 0.0818. The minimum Gasteiger partial charge on any atom is -0.508 e. The van der Waals surface area contributed by atoms with Crippen LogP contribution in [0.5, 0.6) is 11.5 Å². The average molecular weight is 832 g/mol. The highest BCUT2D eigenvalue weighted by atomic mass is 16.3. The number of nitrogens with one attached hydrogen (secondary N) is 3. The van der Waals surface area contributed by atoms with Crippen LogP contribution in [-0.2, 0) is 54.5 Å². The molecule has 2 aliphatic rings. The summed E-state index contributed by atoms with van der Waals surface area (Å²) in [6.45, 7) is 0.513. The Morgan fingerprint density at radius 3 is 1.44 bits per heavy atom. The smallest absolute Gasteiger partial charge is 0.246 e. The highest BCUT2D eigenvalue weighted by molar-refractivity contribution is 5.97. The van der Waals surface area contributed by atoms with Crippen LogP contribution in [0.25, 0.3) is 0 Å². The van der Waals surface area contributed by atoms with Gasteiger partial charge in [0, 0.05) is 32.4 Å². The summed E-state index contributed by atoms with van der Waals surface area (Å²) < 4.78 is 0. The van der Waals surface area contributed by atoms with Crippen molar-refractivity contribution in [2.45, 2.75) is 87.6 Å². The summed E-state index contributed by atoms with van der Waals surface area (Å²) in [7, 11) is 0. The first kappa shape index (κ1) is 43.8. The van der Waals surface area contributed by atoms with E-state index in [0.717, 1.165) is 16.7 Å². The molecule has 2 aliphatic heterocycles. The van der Waals surface area contributed by atoms with E-state index in [1.807, 2.05) is 48.5 Å². The van der Waals surface area contributed by atoms with Crippen LogP contribution < -0.4 is 27.4 Å². The van der Waals surface area contributed by atoms with Crippen LogP contribution in [0.2, 0.25) is 0 Å². The first-order valence-corrected chi connectivity index (χ1v) is 20.6. The van der Waals surface area contributed by atoms with Crippen LogP contribution in [0, 0.1) is 0 Å². The van der Waals surface area contributed by atoms with Gasteiger partial charge in [-0.3, -0.25) is 28.8 Å². The van der Waals surface area contributed by atoms with Gasteiger partial charge >= 0.3 is 0 Å². The lowest BCUT2D eigenvalue weighted by atomic mass is 10.0. The van der Waals surface area contributed by atoms with Crippen LogP contribution in [-0.4, -0.2) is 105 Å². The summed E-state index contributed by atoms with van der Waals surface area (Å²) in [6.07, 6.45) is 2.11. The summed E-state index contributed by atoms with van der Waals surface area (Å²) in [4.78, 5) is 85.7. The molecule has 0 radical (unpaired) electrons. The molecule has 2 saturated heterocycles. The van der Waals surface area contributed by atoms with Gasteiger partial charge in [-0.05, 0) is 78.6 Å². The van der Waals surface area contributed by atoms with Crippen LogP contribution in [0.15, 0.2) is 109 Å². The molecule has 6 atom stereocenters. The summed E-state index contributed by atoms with van der Waals surface area (Å²) in [5.41, 5.74) is 14.9. The number of phenols is 2. The third-order valence-corrected chi connectivity index (χ3v) is 11.2. The maximum Gasteiger partial charge on any atom is 0.246 e. The molecule has 4 aromatic carbocycles. The Morgan fingerprint density at radius 1 is 0.541 bits per heavy atom. The van der Waals surface area contributed by atoms with Crippen molar-refractivity contribution in [1.82, 2.24) is 25.8 Å². The molecule has 2 heterocycles. The summed E-state index contributed by atoms with van der Waals surface area (Å²) in [5, 5.41) is 28.1. The van der Waals surface area contributed by atoms with Crippen molar-refractivity contribution >= 4 is 35.4 Å². The van der Waals surface area contributed by atoms with Crippen molar-refractivity contribution < 1.29 is 39.0 Å². The fourth-order valence-corrected chi connectivity index (χ4v) is 8.00. The number of carbonyl (C=O) groups excluding carboxylic acids is 6.